The maximum atomic E-state index is 6.07. The molecule has 2 N–H and O–H groups in total. The van der Waals surface area contributed by atoms with E-state index in [4.69, 9.17) is 5.73 Å². The van der Waals surface area contributed by atoms with Gasteiger partial charge in [-0.3, -0.25) is 4.90 Å². The Kier molecular flexibility index (Phi) is 5.07. The molecule has 0 bridgehead atoms. The van der Waals surface area contributed by atoms with E-state index in [9.17, 15) is 0 Å². The monoisotopic (exact) mass is 212 g/mol. The van der Waals surface area contributed by atoms with Gasteiger partial charge in [0.1, 0.15) is 0 Å². The fraction of sp³-hybridized carbons (Fsp3) is 1.00. The normalized spacial score (nSPS) is 31.4. The minimum absolute atomic E-state index is 0.323. The van der Waals surface area contributed by atoms with Gasteiger partial charge in [-0.25, -0.2) is 0 Å². The topological polar surface area (TPSA) is 29.3 Å². The van der Waals surface area contributed by atoms with E-state index in [-0.39, 0.29) is 0 Å². The molecule has 0 radical (unpaired) electrons. The second kappa shape index (κ2) is 5.86. The van der Waals surface area contributed by atoms with Gasteiger partial charge in [0.05, 0.1) is 0 Å². The predicted molar refractivity (Wildman–Crippen MR) is 67.0 cm³/mol. The zero-order valence-corrected chi connectivity index (χ0v) is 10.8. The maximum Gasteiger partial charge on any atom is 0.0357 e. The van der Waals surface area contributed by atoms with E-state index in [1.165, 1.54) is 38.6 Å². The molecule has 1 rings (SSSR count). The number of nitrogens with zero attached hydrogens (tertiary/aromatic N) is 1. The Hall–Kier alpha value is -0.0800. The van der Waals surface area contributed by atoms with E-state index in [1.807, 2.05) is 0 Å². The lowest BCUT2D eigenvalue weighted by Gasteiger charge is -2.43. The van der Waals surface area contributed by atoms with Crippen molar-refractivity contribution in [1.82, 2.24) is 4.90 Å². The van der Waals surface area contributed by atoms with Crippen molar-refractivity contribution in [3.63, 3.8) is 0 Å². The molecule has 2 heteroatoms. The molecule has 2 unspecified atom stereocenters. The van der Waals surface area contributed by atoms with Crippen molar-refractivity contribution < 1.29 is 0 Å². The summed E-state index contributed by atoms with van der Waals surface area (Å²) in [5.74, 6) is 0.777. The summed E-state index contributed by atoms with van der Waals surface area (Å²) in [6.45, 7) is 10.1. The van der Waals surface area contributed by atoms with E-state index in [0.717, 1.165) is 19.0 Å². The van der Waals surface area contributed by atoms with Gasteiger partial charge < -0.3 is 5.73 Å². The second-order valence-corrected chi connectivity index (χ2v) is 5.03. The lowest BCUT2D eigenvalue weighted by atomic mass is 9.86. The summed E-state index contributed by atoms with van der Waals surface area (Å²) < 4.78 is 0. The third kappa shape index (κ3) is 2.54. The van der Waals surface area contributed by atoms with E-state index >= 15 is 0 Å². The first-order chi connectivity index (χ1) is 7.21. The number of nitrogens with two attached hydrogens (primary N) is 1. The Morgan fingerprint density at radius 2 is 2.13 bits per heavy atom. The predicted octanol–water partition coefficient (Wildman–Crippen LogP) is 2.63. The average molecular weight is 212 g/mol. The number of unbranched alkanes of at least 4 members (excludes halogenated alkanes) is 1. The molecule has 90 valence electrons. The van der Waals surface area contributed by atoms with Crippen LogP contribution in [0.25, 0.3) is 0 Å². The van der Waals surface area contributed by atoms with Gasteiger partial charge in [-0.15, -0.1) is 0 Å². The van der Waals surface area contributed by atoms with Gasteiger partial charge >= 0.3 is 0 Å². The van der Waals surface area contributed by atoms with Gasteiger partial charge in [0.15, 0.2) is 0 Å². The third-order valence-electron chi connectivity index (χ3n) is 4.31. The van der Waals surface area contributed by atoms with Crippen molar-refractivity contribution in [2.45, 2.75) is 58.4 Å². The molecular formula is C13H28N2. The molecule has 1 aliphatic rings. The van der Waals surface area contributed by atoms with Crippen LogP contribution in [0.15, 0.2) is 0 Å². The molecule has 15 heavy (non-hydrogen) atoms. The number of rotatable bonds is 6. The van der Waals surface area contributed by atoms with Crippen LogP contribution in [0.2, 0.25) is 0 Å². The Labute approximate surface area is 95.2 Å². The van der Waals surface area contributed by atoms with E-state index in [1.54, 1.807) is 0 Å². The zero-order valence-electron chi connectivity index (χ0n) is 10.8. The van der Waals surface area contributed by atoms with Crippen LogP contribution in [0.4, 0.5) is 0 Å². The summed E-state index contributed by atoms with van der Waals surface area (Å²) in [6.07, 6.45) is 6.62. The largest absolute Gasteiger partial charge is 0.329 e. The Morgan fingerprint density at radius 1 is 1.40 bits per heavy atom. The molecule has 1 saturated carbocycles. The van der Waals surface area contributed by atoms with Crippen LogP contribution in [0, 0.1) is 5.92 Å². The molecule has 0 heterocycles. The average Bonchev–Trinajstić information content (AvgIpc) is 2.62. The van der Waals surface area contributed by atoms with Crippen LogP contribution < -0.4 is 5.73 Å². The van der Waals surface area contributed by atoms with Crippen molar-refractivity contribution in [2.24, 2.45) is 11.7 Å². The van der Waals surface area contributed by atoms with Crippen molar-refractivity contribution >= 4 is 0 Å². The van der Waals surface area contributed by atoms with E-state index < -0.39 is 0 Å². The van der Waals surface area contributed by atoms with E-state index in [2.05, 4.69) is 25.7 Å². The van der Waals surface area contributed by atoms with Crippen molar-refractivity contribution in [3.05, 3.63) is 0 Å². The SMILES string of the molecule is CCCCN(CC)C1(CN)CCCC1C. The maximum absolute atomic E-state index is 6.07. The van der Waals surface area contributed by atoms with Crippen LogP contribution in [-0.4, -0.2) is 30.1 Å². The van der Waals surface area contributed by atoms with Gasteiger partial charge in [0, 0.05) is 12.1 Å². The van der Waals surface area contributed by atoms with Crippen LogP contribution in [0.3, 0.4) is 0 Å². The third-order valence-corrected chi connectivity index (χ3v) is 4.31. The standard InChI is InChI=1S/C13H28N2/c1-4-6-10-15(5-2)13(11-14)9-7-8-12(13)3/h12H,4-11,14H2,1-3H3. The van der Waals surface area contributed by atoms with Crippen molar-refractivity contribution in [2.75, 3.05) is 19.6 Å². The first-order valence-corrected chi connectivity index (χ1v) is 6.66. The quantitative estimate of drug-likeness (QED) is 0.733. The first-order valence-electron chi connectivity index (χ1n) is 6.66. The Morgan fingerprint density at radius 3 is 2.53 bits per heavy atom. The summed E-state index contributed by atoms with van der Waals surface area (Å²) in [5.41, 5.74) is 6.39. The molecule has 0 aliphatic heterocycles. The molecular weight excluding hydrogens is 184 g/mol. The molecule has 0 amide bonds. The highest BCUT2D eigenvalue weighted by atomic mass is 15.2. The molecule has 1 aliphatic carbocycles. The van der Waals surface area contributed by atoms with Crippen molar-refractivity contribution in [3.8, 4) is 0 Å². The van der Waals surface area contributed by atoms with E-state index in [0.29, 0.717) is 5.54 Å². The minimum atomic E-state index is 0.323. The second-order valence-electron chi connectivity index (χ2n) is 5.03. The summed E-state index contributed by atoms with van der Waals surface area (Å²) in [5, 5.41) is 0. The number of likely N-dealkylation sites (N-methyl/N-ethyl adjacent to an activating group) is 1. The van der Waals surface area contributed by atoms with Gasteiger partial charge in [0.25, 0.3) is 0 Å². The molecule has 2 atom stereocenters. The summed E-state index contributed by atoms with van der Waals surface area (Å²) >= 11 is 0. The highest BCUT2D eigenvalue weighted by molar-refractivity contribution is 4.99. The Bertz CT molecular complexity index is 181. The lowest BCUT2D eigenvalue weighted by Crippen LogP contribution is -2.55. The molecule has 2 nitrogen and oxygen atoms in total. The van der Waals surface area contributed by atoms with Gasteiger partial charge in [-0.1, -0.05) is 33.6 Å². The fourth-order valence-electron chi connectivity index (χ4n) is 3.18. The van der Waals surface area contributed by atoms with Crippen LogP contribution in [0.1, 0.15) is 52.9 Å². The summed E-state index contributed by atoms with van der Waals surface area (Å²) in [4.78, 5) is 2.65. The van der Waals surface area contributed by atoms with Crippen LogP contribution >= 0.6 is 0 Å². The molecule has 0 spiro atoms. The van der Waals surface area contributed by atoms with Crippen molar-refractivity contribution in [1.29, 1.82) is 0 Å². The van der Waals surface area contributed by atoms with Crippen LogP contribution in [-0.2, 0) is 0 Å². The highest BCUT2D eigenvalue weighted by Gasteiger charge is 2.42. The zero-order chi connectivity index (χ0) is 11.3. The molecule has 0 aromatic heterocycles. The summed E-state index contributed by atoms with van der Waals surface area (Å²) in [7, 11) is 0. The molecule has 0 aromatic rings. The molecule has 0 aromatic carbocycles. The molecule has 0 saturated heterocycles. The van der Waals surface area contributed by atoms with Crippen LogP contribution in [0.5, 0.6) is 0 Å². The number of hydrogen-bond acceptors (Lipinski definition) is 2. The fourth-order valence-corrected chi connectivity index (χ4v) is 3.18. The molecule has 1 fully saturated rings. The number of hydrogen-bond donors (Lipinski definition) is 1. The first kappa shape index (κ1) is 13.0. The van der Waals surface area contributed by atoms with Gasteiger partial charge in [0.2, 0.25) is 0 Å². The summed E-state index contributed by atoms with van der Waals surface area (Å²) in [6, 6.07) is 0. The highest BCUT2D eigenvalue weighted by Crippen LogP contribution is 2.39. The minimum Gasteiger partial charge on any atom is -0.329 e. The van der Waals surface area contributed by atoms with Gasteiger partial charge in [-0.2, -0.15) is 0 Å². The smallest absolute Gasteiger partial charge is 0.0357 e. The Balaban J connectivity index is 2.68. The van der Waals surface area contributed by atoms with Gasteiger partial charge in [-0.05, 0) is 38.3 Å². The lowest BCUT2D eigenvalue weighted by molar-refractivity contribution is 0.0676.